The first-order valence-corrected chi connectivity index (χ1v) is 20.1. The highest BCUT2D eigenvalue weighted by Gasteiger charge is 2.51. The van der Waals surface area contributed by atoms with Crippen LogP contribution in [0.2, 0.25) is 0 Å². The summed E-state index contributed by atoms with van der Waals surface area (Å²) in [5.41, 5.74) is 14.4. The Kier molecular flexibility index (Phi) is 7.41. The van der Waals surface area contributed by atoms with E-state index in [0.29, 0.717) is 0 Å². The Morgan fingerprint density at radius 3 is 1.58 bits per heavy atom. The van der Waals surface area contributed by atoms with Crippen molar-refractivity contribution in [1.82, 2.24) is 0 Å². The van der Waals surface area contributed by atoms with Crippen LogP contribution in [0.3, 0.4) is 0 Å². The van der Waals surface area contributed by atoms with Crippen molar-refractivity contribution in [2.75, 3.05) is 9.80 Å². The topological polar surface area (TPSA) is 28.9 Å². The molecule has 0 bridgehead atoms. The molecule has 12 rings (SSSR count). The summed E-state index contributed by atoms with van der Waals surface area (Å²) in [5, 5.41) is 2.13. The maximum absolute atomic E-state index is 7.29. The van der Waals surface area contributed by atoms with Crippen LogP contribution >= 0.6 is 0 Å². The van der Waals surface area contributed by atoms with Gasteiger partial charge in [-0.2, -0.15) is 0 Å². The zero-order valence-electron chi connectivity index (χ0n) is 32.0. The second-order valence-electron chi connectivity index (χ2n) is 15.2. The highest BCUT2D eigenvalue weighted by molar-refractivity contribution is 6.07. The largest absolute Gasteiger partial charge is 0.456 e. The molecule has 0 N–H and O–H groups in total. The van der Waals surface area contributed by atoms with Crippen molar-refractivity contribution >= 4 is 56.1 Å². The molecule has 0 saturated carbocycles. The van der Waals surface area contributed by atoms with Crippen LogP contribution in [-0.2, 0) is 5.41 Å². The van der Waals surface area contributed by atoms with Gasteiger partial charge in [-0.25, -0.2) is 0 Å². The maximum Gasteiger partial charge on any atom is 0.156 e. The van der Waals surface area contributed by atoms with E-state index >= 15 is 0 Å². The predicted molar refractivity (Wildman–Crippen MR) is 240 cm³/mol. The minimum atomic E-state index is -0.608. The van der Waals surface area contributed by atoms with Gasteiger partial charge in [-0.1, -0.05) is 146 Å². The van der Waals surface area contributed by atoms with Crippen molar-refractivity contribution in [3.05, 3.63) is 241 Å². The van der Waals surface area contributed by atoms with E-state index < -0.39 is 5.41 Å². The molecule has 0 atom stereocenters. The van der Waals surface area contributed by atoms with E-state index in [4.69, 9.17) is 9.15 Å². The molecule has 0 amide bonds. The normalized spacial score (nSPS) is 13.0. The van der Waals surface area contributed by atoms with Crippen molar-refractivity contribution < 1.29 is 9.15 Å². The molecule has 1 aromatic heterocycles. The number of para-hydroxylation sites is 7. The number of anilines is 6. The van der Waals surface area contributed by atoms with Crippen molar-refractivity contribution in [2.24, 2.45) is 0 Å². The Labute approximate surface area is 342 Å². The number of hydrogen-bond acceptors (Lipinski definition) is 4. The average Bonchev–Trinajstić information content (AvgIpc) is 3.82. The molecule has 10 aromatic rings. The maximum atomic E-state index is 7.29. The molecule has 4 heteroatoms. The molecule has 4 nitrogen and oxygen atoms in total. The van der Waals surface area contributed by atoms with Gasteiger partial charge in [0.2, 0.25) is 0 Å². The van der Waals surface area contributed by atoms with Crippen LogP contribution in [0.4, 0.5) is 34.1 Å². The van der Waals surface area contributed by atoms with E-state index in [9.17, 15) is 0 Å². The summed E-state index contributed by atoms with van der Waals surface area (Å²) in [6, 6.07) is 77.7. The Bertz CT molecular complexity index is 3140. The summed E-state index contributed by atoms with van der Waals surface area (Å²) in [7, 11) is 0. The third-order valence-electron chi connectivity index (χ3n) is 12.1. The lowest BCUT2D eigenvalue weighted by Gasteiger charge is -2.41. The van der Waals surface area contributed by atoms with E-state index in [1.165, 1.54) is 22.3 Å². The lowest BCUT2D eigenvalue weighted by molar-refractivity contribution is 0.437. The fraction of sp³-hybridized carbons (Fsp3) is 0.0182. The quantitative estimate of drug-likeness (QED) is 0.169. The van der Waals surface area contributed by atoms with Crippen LogP contribution in [0.1, 0.15) is 22.3 Å². The number of rotatable bonds is 6. The first kappa shape index (κ1) is 33.3. The Balaban J connectivity index is 1.18. The van der Waals surface area contributed by atoms with Gasteiger partial charge in [-0.15, -0.1) is 0 Å². The van der Waals surface area contributed by atoms with Gasteiger partial charge in [0, 0.05) is 39.0 Å². The lowest BCUT2D eigenvalue weighted by atomic mass is 9.66. The van der Waals surface area contributed by atoms with Gasteiger partial charge < -0.3 is 19.0 Å². The number of hydrogen-bond donors (Lipinski definition) is 0. The number of nitrogens with zero attached hydrogens (tertiary/aromatic N) is 2. The molecular formula is C55H36N2O2. The van der Waals surface area contributed by atoms with Crippen LogP contribution in [-0.4, -0.2) is 0 Å². The van der Waals surface area contributed by atoms with Crippen molar-refractivity contribution in [3.63, 3.8) is 0 Å². The number of ether oxygens (including phenoxy) is 1. The number of benzene rings is 9. The zero-order chi connectivity index (χ0) is 38.9. The highest BCUT2D eigenvalue weighted by Crippen LogP contribution is 2.64. The summed E-state index contributed by atoms with van der Waals surface area (Å²) < 4.78 is 13.7. The van der Waals surface area contributed by atoms with Gasteiger partial charge in [0.05, 0.1) is 22.5 Å². The van der Waals surface area contributed by atoms with Crippen LogP contribution < -0.4 is 14.5 Å². The van der Waals surface area contributed by atoms with Crippen LogP contribution in [0, 0.1) is 0 Å². The monoisotopic (exact) mass is 756 g/mol. The first-order valence-electron chi connectivity index (χ1n) is 20.1. The number of fused-ring (bicyclic) bond motifs is 12. The Morgan fingerprint density at radius 1 is 0.339 bits per heavy atom. The van der Waals surface area contributed by atoms with E-state index in [-0.39, 0.29) is 0 Å². The summed E-state index contributed by atoms with van der Waals surface area (Å²) in [5.74, 6) is 1.66. The molecule has 1 spiro atoms. The molecule has 2 heterocycles. The molecule has 0 radical (unpaired) electrons. The average molecular weight is 757 g/mol. The second kappa shape index (κ2) is 13.1. The Hall–Kier alpha value is -7.82. The lowest BCUT2D eigenvalue weighted by Crippen LogP contribution is -2.32. The van der Waals surface area contributed by atoms with E-state index in [2.05, 4.69) is 216 Å². The van der Waals surface area contributed by atoms with Crippen molar-refractivity contribution in [2.45, 2.75) is 5.41 Å². The standard InChI is InChI=1S/C55H36N2O2/c1-3-18-37(19-4-1)56(38-20-5-2-6-21-38)48-29-13-14-30-49(48)57(39-34-35-52-43(36-39)42-24-9-15-32-51(42)58-52)50-31-17-28-47-54(50)59-53-33-16-12-27-46(53)55(47)44-25-10-7-22-40(44)41-23-8-11-26-45(41)55/h1-36H. The van der Waals surface area contributed by atoms with Crippen molar-refractivity contribution in [1.29, 1.82) is 0 Å². The molecule has 278 valence electrons. The fourth-order valence-corrected chi connectivity index (χ4v) is 9.72. The fourth-order valence-electron chi connectivity index (χ4n) is 9.72. The van der Waals surface area contributed by atoms with E-state index in [1.807, 2.05) is 12.1 Å². The molecule has 1 aliphatic carbocycles. The summed E-state index contributed by atoms with van der Waals surface area (Å²) in [6.45, 7) is 0. The molecule has 9 aromatic carbocycles. The van der Waals surface area contributed by atoms with Crippen LogP contribution in [0.5, 0.6) is 11.5 Å². The predicted octanol–water partition coefficient (Wildman–Crippen LogP) is 15.0. The molecule has 0 fully saturated rings. The van der Waals surface area contributed by atoms with Gasteiger partial charge in [-0.05, 0) is 95.1 Å². The molecule has 0 saturated heterocycles. The third kappa shape index (κ3) is 4.90. The molecule has 59 heavy (non-hydrogen) atoms. The van der Waals surface area contributed by atoms with Gasteiger partial charge in [0.15, 0.2) is 5.75 Å². The molecule has 1 aliphatic heterocycles. The minimum Gasteiger partial charge on any atom is -0.456 e. The summed E-state index contributed by atoms with van der Waals surface area (Å²) in [6.07, 6.45) is 0. The molecule has 2 aliphatic rings. The summed E-state index contributed by atoms with van der Waals surface area (Å²) >= 11 is 0. The van der Waals surface area contributed by atoms with Gasteiger partial charge >= 0.3 is 0 Å². The minimum absolute atomic E-state index is 0.608. The SMILES string of the molecule is c1ccc(N(c2ccccc2)c2ccccc2N(c2ccc3oc4ccccc4c3c2)c2cccc3c2Oc2ccccc2C32c3ccccc3-c3ccccc32)cc1. The smallest absolute Gasteiger partial charge is 0.156 e. The molecular weight excluding hydrogens is 721 g/mol. The number of furan rings is 1. The van der Waals surface area contributed by atoms with E-state index in [1.54, 1.807) is 0 Å². The van der Waals surface area contributed by atoms with Crippen LogP contribution in [0.25, 0.3) is 33.1 Å². The summed E-state index contributed by atoms with van der Waals surface area (Å²) in [4.78, 5) is 4.72. The highest BCUT2D eigenvalue weighted by atomic mass is 16.5. The van der Waals surface area contributed by atoms with Crippen LogP contribution in [0.15, 0.2) is 223 Å². The van der Waals surface area contributed by atoms with Gasteiger partial charge in [0.25, 0.3) is 0 Å². The second-order valence-corrected chi connectivity index (χ2v) is 15.2. The van der Waals surface area contributed by atoms with E-state index in [0.717, 1.165) is 78.7 Å². The van der Waals surface area contributed by atoms with Gasteiger partial charge in [-0.3, -0.25) is 0 Å². The molecule has 0 unspecified atom stereocenters. The first-order chi connectivity index (χ1) is 29.3. The Morgan fingerprint density at radius 2 is 0.864 bits per heavy atom. The van der Waals surface area contributed by atoms with Crippen molar-refractivity contribution in [3.8, 4) is 22.6 Å². The zero-order valence-corrected chi connectivity index (χ0v) is 32.0. The third-order valence-corrected chi connectivity index (χ3v) is 12.1. The van der Waals surface area contributed by atoms with Gasteiger partial charge in [0.1, 0.15) is 16.9 Å².